The molecule has 2 atom stereocenters. The van der Waals surface area contributed by atoms with E-state index in [2.05, 4.69) is 30.3 Å². The van der Waals surface area contributed by atoms with Crippen LogP contribution in [0.4, 0.5) is 0 Å². The third-order valence-electron chi connectivity index (χ3n) is 3.26. The monoisotopic (exact) mass is 271 g/mol. The molecule has 1 aliphatic heterocycles. The summed E-state index contributed by atoms with van der Waals surface area (Å²) in [5.74, 6) is 0.283. The van der Waals surface area contributed by atoms with Crippen molar-refractivity contribution in [2.45, 2.75) is 24.9 Å². The predicted molar refractivity (Wildman–Crippen MR) is 62.0 cm³/mol. The molecule has 1 aromatic carbocycles. The summed E-state index contributed by atoms with van der Waals surface area (Å²) in [4.78, 5) is 0. The van der Waals surface area contributed by atoms with Crippen LogP contribution in [0, 0.1) is 0 Å². The van der Waals surface area contributed by atoms with Gasteiger partial charge in [-0.05, 0) is 30.0 Å². The molecule has 1 aliphatic carbocycles. The number of benzene rings is 1. The van der Waals surface area contributed by atoms with Crippen molar-refractivity contribution in [2.75, 3.05) is 6.61 Å². The molecule has 1 heterocycles. The molecule has 16 heavy (non-hydrogen) atoms. The summed E-state index contributed by atoms with van der Waals surface area (Å²) in [7, 11) is 0. The molecule has 1 saturated heterocycles. The average Bonchev–Trinajstić information content (AvgIpc) is 2.82. The van der Waals surface area contributed by atoms with Crippen LogP contribution in [0.15, 0.2) is 29.3 Å². The van der Waals surface area contributed by atoms with Crippen LogP contribution in [0.1, 0.15) is 29.9 Å². The molecule has 0 N–H and O–H groups in total. The molecule has 3 heteroatoms. The molecular formula is C13H13ClOV. The smallest absolute Gasteiger partial charge is 0.0693 e. The van der Waals surface area contributed by atoms with E-state index in [-0.39, 0.29) is 30.6 Å². The normalized spacial score (nSPS) is 27.2. The van der Waals surface area contributed by atoms with E-state index in [0.29, 0.717) is 0 Å². The molecule has 1 radical (unpaired) electrons. The maximum Gasteiger partial charge on any atom is 0.0693 e. The quantitative estimate of drug-likeness (QED) is 0.759. The van der Waals surface area contributed by atoms with E-state index in [9.17, 15) is 0 Å². The van der Waals surface area contributed by atoms with E-state index in [1.165, 1.54) is 11.1 Å². The van der Waals surface area contributed by atoms with Gasteiger partial charge < -0.3 is 4.74 Å². The number of halogens is 1. The zero-order valence-electron chi connectivity index (χ0n) is 8.90. The van der Waals surface area contributed by atoms with Crippen LogP contribution in [0.25, 0.3) is 6.08 Å². The largest absolute Gasteiger partial charge is 0.377 e. The standard InChI is InChI=1S/C13H13ClO.V/c14-11-8-9-4-1-2-5-10(9)13(11)12-6-3-7-15-12;/h1-2,4-5,8,12-13H,3,6-7H2;. The number of hydrogen-bond acceptors (Lipinski definition) is 1. The number of ether oxygens (including phenoxy) is 1. The first-order valence-corrected chi connectivity index (χ1v) is 5.81. The molecule has 1 aromatic rings. The van der Waals surface area contributed by atoms with Gasteiger partial charge in [-0.1, -0.05) is 35.9 Å². The molecule has 0 aromatic heterocycles. The molecule has 1 nitrogen and oxygen atoms in total. The van der Waals surface area contributed by atoms with E-state index in [1.807, 2.05) is 0 Å². The van der Waals surface area contributed by atoms with Crippen molar-refractivity contribution < 1.29 is 23.3 Å². The van der Waals surface area contributed by atoms with Crippen molar-refractivity contribution in [3.63, 3.8) is 0 Å². The van der Waals surface area contributed by atoms with Crippen LogP contribution in [0.5, 0.6) is 0 Å². The summed E-state index contributed by atoms with van der Waals surface area (Å²) in [5, 5.41) is 0.933. The maximum absolute atomic E-state index is 6.30. The summed E-state index contributed by atoms with van der Waals surface area (Å²) < 4.78 is 5.74. The van der Waals surface area contributed by atoms with E-state index in [4.69, 9.17) is 16.3 Å². The topological polar surface area (TPSA) is 9.23 Å². The second-order valence-corrected chi connectivity index (χ2v) is 4.62. The summed E-state index contributed by atoms with van der Waals surface area (Å²) in [6, 6.07) is 8.40. The van der Waals surface area contributed by atoms with Crippen LogP contribution < -0.4 is 0 Å². The van der Waals surface area contributed by atoms with Gasteiger partial charge in [0.1, 0.15) is 0 Å². The molecule has 3 rings (SSSR count). The molecule has 0 spiro atoms. The van der Waals surface area contributed by atoms with Crippen LogP contribution in [-0.2, 0) is 23.3 Å². The molecule has 0 bridgehead atoms. The van der Waals surface area contributed by atoms with Gasteiger partial charge in [0, 0.05) is 36.1 Å². The first-order chi connectivity index (χ1) is 7.36. The van der Waals surface area contributed by atoms with E-state index in [1.54, 1.807) is 0 Å². The molecule has 83 valence electrons. The fourth-order valence-corrected chi connectivity index (χ4v) is 2.93. The zero-order chi connectivity index (χ0) is 10.3. The Hall–Kier alpha value is -0.206. The first-order valence-electron chi connectivity index (χ1n) is 5.44. The Bertz CT molecular complexity index is 410. The third-order valence-corrected chi connectivity index (χ3v) is 3.60. The number of rotatable bonds is 1. The van der Waals surface area contributed by atoms with Crippen LogP contribution >= 0.6 is 11.6 Å². The van der Waals surface area contributed by atoms with Crippen LogP contribution in [0.3, 0.4) is 0 Å². The Morgan fingerprint density at radius 3 is 2.81 bits per heavy atom. The molecule has 0 saturated carbocycles. The Kier molecular flexibility index (Phi) is 3.81. The van der Waals surface area contributed by atoms with Gasteiger partial charge in [-0.3, -0.25) is 0 Å². The Labute approximate surface area is 113 Å². The Balaban J connectivity index is 0.000000963. The fraction of sp³-hybridized carbons (Fsp3) is 0.385. The minimum Gasteiger partial charge on any atom is -0.377 e. The summed E-state index contributed by atoms with van der Waals surface area (Å²) in [6.07, 6.45) is 4.65. The third kappa shape index (κ3) is 1.98. The molecular weight excluding hydrogens is 259 g/mol. The van der Waals surface area contributed by atoms with Crippen molar-refractivity contribution in [1.82, 2.24) is 0 Å². The second-order valence-electron chi connectivity index (χ2n) is 4.19. The zero-order valence-corrected chi connectivity index (χ0v) is 11.0. The van der Waals surface area contributed by atoms with Gasteiger partial charge in [0.2, 0.25) is 0 Å². The number of hydrogen-bond donors (Lipinski definition) is 0. The predicted octanol–water partition coefficient (Wildman–Crippen LogP) is 3.54. The minimum absolute atomic E-state index is 0. The minimum atomic E-state index is 0. The van der Waals surface area contributed by atoms with Gasteiger partial charge in [-0.15, -0.1) is 0 Å². The first kappa shape index (κ1) is 12.3. The van der Waals surface area contributed by atoms with Gasteiger partial charge in [0.15, 0.2) is 0 Å². The average molecular weight is 272 g/mol. The van der Waals surface area contributed by atoms with Gasteiger partial charge in [-0.2, -0.15) is 0 Å². The molecule has 2 unspecified atom stereocenters. The van der Waals surface area contributed by atoms with Crippen molar-refractivity contribution in [3.8, 4) is 0 Å². The molecule has 0 amide bonds. The van der Waals surface area contributed by atoms with Gasteiger partial charge in [0.05, 0.1) is 6.10 Å². The van der Waals surface area contributed by atoms with E-state index in [0.717, 1.165) is 24.5 Å². The van der Waals surface area contributed by atoms with Gasteiger partial charge in [-0.25, -0.2) is 0 Å². The molecule has 2 aliphatic rings. The number of fused-ring (bicyclic) bond motifs is 1. The second kappa shape index (κ2) is 4.97. The Morgan fingerprint density at radius 1 is 1.25 bits per heavy atom. The van der Waals surface area contributed by atoms with E-state index >= 15 is 0 Å². The van der Waals surface area contributed by atoms with Crippen molar-refractivity contribution >= 4 is 17.7 Å². The SMILES string of the molecule is ClC1=Cc2ccccc2C1C1CCCO1.[V]. The summed E-state index contributed by atoms with van der Waals surface area (Å²) >= 11 is 6.30. The van der Waals surface area contributed by atoms with Crippen molar-refractivity contribution in [2.24, 2.45) is 0 Å². The summed E-state index contributed by atoms with van der Waals surface area (Å²) in [5.41, 5.74) is 2.58. The fourth-order valence-electron chi connectivity index (χ4n) is 2.56. The van der Waals surface area contributed by atoms with Crippen LogP contribution in [-0.4, -0.2) is 12.7 Å². The van der Waals surface area contributed by atoms with Crippen molar-refractivity contribution in [1.29, 1.82) is 0 Å². The Morgan fingerprint density at radius 2 is 2.06 bits per heavy atom. The van der Waals surface area contributed by atoms with Crippen LogP contribution in [0.2, 0.25) is 0 Å². The molecule has 1 fully saturated rings. The maximum atomic E-state index is 6.30. The van der Waals surface area contributed by atoms with Gasteiger partial charge in [0.25, 0.3) is 0 Å². The van der Waals surface area contributed by atoms with E-state index < -0.39 is 0 Å². The van der Waals surface area contributed by atoms with Crippen molar-refractivity contribution in [3.05, 3.63) is 40.4 Å². The summed E-state index contributed by atoms with van der Waals surface area (Å²) in [6.45, 7) is 0.882. The van der Waals surface area contributed by atoms with Gasteiger partial charge >= 0.3 is 0 Å².